The number of aliphatic imine (C=N–C) groups is 1. The molecule has 0 unspecified atom stereocenters. The Balaban J connectivity index is 1.50. The highest BCUT2D eigenvalue weighted by atomic mass is 79.9. The van der Waals surface area contributed by atoms with E-state index in [-0.39, 0.29) is 0 Å². The molecule has 1 aliphatic rings. The van der Waals surface area contributed by atoms with Gasteiger partial charge < -0.3 is 25.3 Å². The molecule has 0 bridgehead atoms. The molecule has 0 spiro atoms. The number of halogens is 1. The highest BCUT2D eigenvalue weighted by Gasteiger charge is 2.10. The molecule has 0 fully saturated rings. The predicted molar refractivity (Wildman–Crippen MR) is 102 cm³/mol. The molecule has 1 heterocycles. The lowest BCUT2D eigenvalue weighted by Gasteiger charge is -2.11. The summed E-state index contributed by atoms with van der Waals surface area (Å²) in [5, 5.41) is 3.05. The van der Waals surface area contributed by atoms with E-state index < -0.39 is 0 Å². The van der Waals surface area contributed by atoms with Crippen LogP contribution >= 0.6 is 15.9 Å². The van der Waals surface area contributed by atoms with Gasteiger partial charge in [0.25, 0.3) is 0 Å². The van der Waals surface area contributed by atoms with Crippen molar-refractivity contribution in [3.05, 3.63) is 46.9 Å². The average Bonchev–Trinajstić information content (AvgIpc) is 2.84. The Bertz CT molecular complexity index is 752. The molecule has 0 aliphatic carbocycles. The summed E-state index contributed by atoms with van der Waals surface area (Å²) in [5.74, 6) is 2.58. The lowest BCUT2D eigenvalue weighted by molar-refractivity contribution is 0.297. The molecule has 2 aromatic rings. The zero-order chi connectivity index (χ0) is 17.5. The predicted octanol–water partition coefficient (Wildman–Crippen LogP) is 3.42. The molecule has 0 atom stereocenters. The van der Waals surface area contributed by atoms with E-state index in [1.165, 1.54) is 0 Å². The molecule has 3 N–H and O–H groups in total. The highest BCUT2D eigenvalue weighted by molar-refractivity contribution is 9.10. The summed E-state index contributed by atoms with van der Waals surface area (Å²) in [6.45, 7) is 2.21. The standard InChI is InChI=1S/C18H20BrN3O3/c19-13-3-1-4-15(11-13)23-10-7-21-18(20)22-14-5-6-16-17(12-14)25-9-2-8-24-16/h1,3-6,11-12H,2,7-10H2,(H3,20,21,22). The van der Waals surface area contributed by atoms with Gasteiger partial charge in [-0.2, -0.15) is 0 Å². The fourth-order valence-corrected chi connectivity index (χ4v) is 2.69. The number of ether oxygens (including phenoxy) is 3. The van der Waals surface area contributed by atoms with Crippen LogP contribution in [0.4, 0.5) is 5.69 Å². The van der Waals surface area contributed by atoms with E-state index in [1.54, 1.807) is 0 Å². The van der Waals surface area contributed by atoms with E-state index in [2.05, 4.69) is 26.2 Å². The number of benzene rings is 2. The Labute approximate surface area is 155 Å². The fraction of sp³-hybridized carbons (Fsp3) is 0.278. The minimum absolute atomic E-state index is 0.326. The van der Waals surface area contributed by atoms with Crippen molar-refractivity contribution >= 4 is 27.6 Å². The van der Waals surface area contributed by atoms with Crippen molar-refractivity contribution in [3.8, 4) is 17.2 Å². The van der Waals surface area contributed by atoms with E-state index in [9.17, 15) is 0 Å². The molecule has 2 aromatic carbocycles. The van der Waals surface area contributed by atoms with Gasteiger partial charge in [0.1, 0.15) is 12.4 Å². The number of fused-ring (bicyclic) bond motifs is 1. The third kappa shape index (κ3) is 5.29. The van der Waals surface area contributed by atoms with Crippen molar-refractivity contribution in [1.82, 2.24) is 0 Å². The van der Waals surface area contributed by atoms with E-state index >= 15 is 0 Å². The topological polar surface area (TPSA) is 78.1 Å². The molecule has 7 heteroatoms. The highest BCUT2D eigenvalue weighted by Crippen LogP contribution is 2.32. The molecule has 132 valence electrons. The summed E-state index contributed by atoms with van der Waals surface area (Å²) in [5.41, 5.74) is 6.72. The lowest BCUT2D eigenvalue weighted by atomic mass is 10.3. The fourth-order valence-electron chi connectivity index (χ4n) is 2.31. The van der Waals surface area contributed by atoms with Crippen LogP contribution in [0.2, 0.25) is 0 Å². The van der Waals surface area contributed by atoms with Gasteiger partial charge in [-0.1, -0.05) is 22.0 Å². The Kier molecular flexibility index (Phi) is 6.00. The molecule has 0 saturated heterocycles. The molecule has 1 aliphatic heterocycles. The van der Waals surface area contributed by atoms with Crippen LogP contribution in [-0.2, 0) is 0 Å². The number of nitrogens with one attached hydrogen (secondary N) is 1. The van der Waals surface area contributed by atoms with Crippen LogP contribution in [-0.4, -0.2) is 32.3 Å². The van der Waals surface area contributed by atoms with Crippen molar-refractivity contribution in [2.45, 2.75) is 6.42 Å². The van der Waals surface area contributed by atoms with Crippen molar-refractivity contribution in [1.29, 1.82) is 0 Å². The third-order valence-corrected chi connectivity index (χ3v) is 3.95. The second-order valence-electron chi connectivity index (χ2n) is 5.41. The summed E-state index contributed by atoms with van der Waals surface area (Å²) < 4.78 is 17.9. The largest absolute Gasteiger partial charge is 0.492 e. The average molecular weight is 406 g/mol. The smallest absolute Gasteiger partial charge is 0.193 e. The first-order valence-electron chi connectivity index (χ1n) is 8.06. The zero-order valence-corrected chi connectivity index (χ0v) is 15.3. The number of nitrogens with two attached hydrogens (primary N) is 1. The SMILES string of the molecule is NC(=NCCOc1cccc(Br)c1)Nc1ccc2c(c1)OCCCO2. The van der Waals surface area contributed by atoms with E-state index in [4.69, 9.17) is 19.9 Å². The van der Waals surface area contributed by atoms with E-state index in [1.807, 2.05) is 42.5 Å². The van der Waals surface area contributed by atoms with Crippen LogP contribution in [0.1, 0.15) is 6.42 Å². The van der Waals surface area contributed by atoms with Gasteiger partial charge in [0.2, 0.25) is 0 Å². The zero-order valence-electron chi connectivity index (χ0n) is 13.7. The number of anilines is 1. The summed E-state index contributed by atoms with van der Waals surface area (Å²) in [7, 11) is 0. The number of guanidine groups is 1. The molecule has 6 nitrogen and oxygen atoms in total. The Morgan fingerprint density at radius 2 is 2.00 bits per heavy atom. The first kappa shape index (κ1) is 17.4. The summed E-state index contributed by atoms with van der Waals surface area (Å²) in [6.07, 6.45) is 0.874. The second kappa shape index (κ2) is 8.62. The van der Waals surface area contributed by atoms with Crippen LogP contribution in [0.5, 0.6) is 17.2 Å². The van der Waals surface area contributed by atoms with Crippen molar-refractivity contribution in [2.75, 3.05) is 31.7 Å². The molecule has 0 radical (unpaired) electrons. The molecular formula is C18H20BrN3O3. The van der Waals surface area contributed by atoms with Crippen LogP contribution in [0, 0.1) is 0 Å². The molecule has 0 aromatic heterocycles. The lowest BCUT2D eigenvalue weighted by Crippen LogP contribution is -2.23. The van der Waals surface area contributed by atoms with Gasteiger partial charge in [0.15, 0.2) is 17.5 Å². The Morgan fingerprint density at radius 3 is 2.84 bits per heavy atom. The molecule has 0 amide bonds. The maximum absolute atomic E-state index is 5.92. The van der Waals surface area contributed by atoms with Gasteiger partial charge in [0.05, 0.1) is 19.8 Å². The number of hydrogen-bond acceptors (Lipinski definition) is 4. The first-order valence-corrected chi connectivity index (χ1v) is 8.85. The van der Waals surface area contributed by atoms with Gasteiger partial charge in [-0.3, -0.25) is 0 Å². The normalized spacial score (nSPS) is 13.9. The van der Waals surface area contributed by atoms with Gasteiger partial charge in [-0.15, -0.1) is 0 Å². The van der Waals surface area contributed by atoms with Gasteiger partial charge in [-0.05, 0) is 30.3 Å². The quantitative estimate of drug-likeness (QED) is 0.452. The molecule has 25 heavy (non-hydrogen) atoms. The minimum Gasteiger partial charge on any atom is -0.492 e. The van der Waals surface area contributed by atoms with Crippen LogP contribution < -0.4 is 25.3 Å². The molecule has 3 rings (SSSR count). The van der Waals surface area contributed by atoms with Crippen molar-refractivity contribution in [2.24, 2.45) is 10.7 Å². The Morgan fingerprint density at radius 1 is 1.16 bits per heavy atom. The monoisotopic (exact) mass is 405 g/mol. The van der Waals surface area contributed by atoms with Crippen molar-refractivity contribution < 1.29 is 14.2 Å². The number of rotatable bonds is 5. The van der Waals surface area contributed by atoms with E-state index in [0.717, 1.165) is 28.1 Å². The van der Waals surface area contributed by atoms with Crippen LogP contribution in [0.25, 0.3) is 0 Å². The second-order valence-corrected chi connectivity index (χ2v) is 6.33. The molecular weight excluding hydrogens is 386 g/mol. The number of hydrogen-bond donors (Lipinski definition) is 2. The number of nitrogens with zero attached hydrogens (tertiary/aromatic N) is 1. The maximum Gasteiger partial charge on any atom is 0.193 e. The molecule has 0 saturated carbocycles. The summed E-state index contributed by atoms with van der Waals surface area (Å²) in [6, 6.07) is 13.3. The third-order valence-electron chi connectivity index (χ3n) is 3.46. The maximum atomic E-state index is 5.92. The Hall–Kier alpha value is -2.41. The summed E-state index contributed by atoms with van der Waals surface area (Å²) in [4.78, 5) is 4.26. The van der Waals surface area contributed by atoms with Crippen molar-refractivity contribution in [3.63, 3.8) is 0 Å². The van der Waals surface area contributed by atoms with Gasteiger partial charge >= 0.3 is 0 Å². The van der Waals surface area contributed by atoms with Crippen LogP contribution in [0.15, 0.2) is 51.9 Å². The minimum atomic E-state index is 0.326. The first-order chi connectivity index (χ1) is 12.2. The summed E-state index contributed by atoms with van der Waals surface area (Å²) >= 11 is 3.41. The van der Waals surface area contributed by atoms with Gasteiger partial charge in [0, 0.05) is 22.6 Å². The van der Waals surface area contributed by atoms with Gasteiger partial charge in [-0.25, -0.2) is 4.99 Å². The van der Waals surface area contributed by atoms with Crippen LogP contribution in [0.3, 0.4) is 0 Å². The van der Waals surface area contributed by atoms with E-state index in [0.29, 0.717) is 38.1 Å².